The molecular weight excluding hydrogens is 394 g/mol. The molecule has 29 heavy (non-hydrogen) atoms. The number of carbonyl (C=O) groups is 2. The van der Waals surface area contributed by atoms with Crippen LogP contribution < -0.4 is 15.0 Å². The lowest BCUT2D eigenvalue weighted by molar-refractivity contribution is -0.124. The van der Waals surface area contributed by atoms with Crippen molar-refractivity contribution in [3.8, 4) is 5.75 Å². The van der Waals surface area contributed by atoms with E-state index in [2.05, 4.69) is 5.32 Å². The lowest BCUT2D eigenvalue weighted by Gasteiger charge is -2.18. The number of hydrogen-bond donors (Lipinski definition) is 2. The quantitative estimate of drug-likeness (QED) is 0.483. The van der Waals surface area contributed by atoms with Crippen LogP contribution in [0.3, 0.4) is 0 Å². The maximum absolute atomic E-state index is 12.5. The fourth-order valence-corrected chi connectivity index (χ4v) is 3.13. The molecule has 0 saturated carbocycles. The van der Waals surface area contributed by atoms with Gasteiger partial charge in [0.25, 0.3) is 5.91 Å². The Kier molecular flexibility index (Phi) is 7.09. The number of nitrogens with zero attached hydrogens (tertiary/aromatic N) is 2. The Balaban J connectivity index is 1.41. The summed E-state index contributed by atoms with van der Waals surface area (Å²) in [6.45, 7) is 3.01. The zero-order valence-corrected chi connectivity index (χ0v) is 16.9. The van der Waals surface area contributed by atoms with E-state index in [9.17, 15) is 14.7 Å². The third-order valence-electron chi connectivity index (χ3n) is 4.61. The molecule has 1 fully saturated rings. The van der Waals surface area contributed by atoms with Gasteiger partial charge in [0.2, 0.25) is 0 Å². The fraction of sp³-hybridized carbons (Fsp3) is 0.333. The number of urea groups is 1. The topological polar surface area (TPSA) is 82.1 Å². The van der Waals surface area contributed by atoms with Gasteiger partial charge in [-0.25, -0.2) is 4.79 Å². The summed E-state index contributed by atoms with van der Waals surface area (Å²) in [4.78, 5) is 27.3. The Hall–Kier alpha value is -2.61. The number of carbonyl (C=O) groups excluding carboxylic acids is 2. The SMILES string of the molecule is Cc1ccccc1OCC(O)CNCCN1C(=O)CN(c2ccc(Cl)cc2)C1=O. The van der Waals surface area contributed by atoms with Crippen molar-refractivity contribution in [2.45, 2.75) is 13.0 Å². The molecule has 1 unspecified atom stereocenters. The van der Waals surface area contributed by atoms with Crippen LogP contribution in [0.2, 0.25) is 5.02 Å². The molecule has 3 rings (SSSR count). The molecule has 0 aliphatic carbocycles. The van der Waals surface area contributed by atoms with Crippen LogP contribution in [0, 0.1) is 6.92 Å². The molecular formula is C21H24ClN3O4. The molecule has 1 aliphatic rings. The van der Waals surface area contributed by atoms with Gasteiger partial charge in [-0.2, -0.15) is 0 Å². The molecule has 2 aromatic carbocycles. The van der Waals surface area contributed by atoms with Crippen molar-refractivity contribution in [2.24, 2.45) is 0 Å². The van der Waals surface area contributed by atoms with Crippen LogP contribution >= 0.6 is 11.6 Å². The van der Waals surface area contributed by atoms with Crippen molar-refractivity contribution in [1.82, 2.24) is 10.2 Å². The number of halogens is 1. The summed E-state index contributed by atoms with van der Waals surface area (Å²) in [5.41, 5.74) is 1.64. The van der Waals surface area contributed by atoms with Crippen LogP contribution in [0.15, 0.2) is 48.5 Å². The van der Waals surface area contributed by atoms with E-state index in [4.69, 9.17) is 16.3 Å². The van der Waals surface area contributed by atoms with Crippen molar-refractivity contribution >= 4 is 29.2 Å². The molecule has 7 nitrogen and oxygen atoms in total. The Morgan fingerprint density at radius 2 is 1.90 bits per heavy atom. The molecule has 1 saturated heterocycles. The molecule has 8 heteroatoms. The third-order valence-corrected chi connectivity index (χ3v) is 4.86. The Bertz CT molecular complexity index is 859. The van der Waals surface area contributed by atoms with Crippen molar-refractivity contribution < 1.29 is 19.4 Å². The van der Waals surface area contributed by atoms with E-state index in [-0.39, 0.29) is 31.6 Å². The van der Waals surface area contributed by atoms with Gasteiger partial charge in [0.1, 0.15) is 25.0 Å². The molecule has 1 aliphatic heterocycles. The number of aryl methyl sites for hydroxylation is 1. The van der Waals surface area contributed by atoms with Crippen LogP contribution in [0.25, 0.3) is 0 Å². The minimum atomic E-state index is -0.704. The number of aliphatic hydroxyl groups is 1. The van der Waals surface area contributed by atoms with E-state index in [1.54, 1.807) is 24.3 Å². The Morgan fingerprint density at radius 3 is 2.62 bits per heavy atom. The van der Waals surface area contributed by atoms with Gasteiger partial charge in [0.15, 0.2) is 0 Å². The number of para-hydroxylation sites is 1. The number of aliphatic hydroxyl groups excluding tert-OH is 1. The molecule has 0 spiro atoms. The average molecular weight is 418 g/mol. The van der Waals surface area contributed by atoms with E-state index in [0.717, 1.165) is 11.3 Å². The van der Waals surface area contributed by atoms with Crippen molar-refractivity contribution in [3.05, 3.63) is 59.1 Å². The van der Waals surface area contributed by atoms with E-state index in [0.29, 0.717) is 23.8 Å². The van der Waals surface area contributed by atoms with Gasteiger partial charge in [0.05, 0.1) is 0 Å². The first-order valence-corrected chi connectivity index (χ1v) is 9.78. The number of imide groups is 1. The van der Waals surface area contributed by atoms with Crippen LogP contribution in [0.5, 0.6) is 5.75 Å². The van der Waals surface area contributed by atoms with E-state index < -0.39 is 6.10 Å². The molecule has 2 N–H and O–H groups in total. The monoisotopic (exact) mass is 417 g/mol. The number of amides is 3. The summed E-state index contributed by atoms with van der Waals surface area (Å²) >= 11 is 5.87. The lowest BCUT2D eigenvalue weighted by Crippen LogP contribution is -2.40. The summed E-state index contributed by atoms with van der Waals surface area (Å²) in [6.07, 6.45) is -0.704. The van der Waals surface area contributed by atoms with Crippen molar-refractivity contribution in [3.63, 3.8) is 0 Å². The number of rotatable bonds is 9. The molecule has 0 radical (unpaired) electrons. The van der Waals surface area contributed by atoms with Gasteiger partial charge in [-0.3, -0.25) is 14.6 Å². The maximum Gasteiger partial charge on any atom is 0.331 e. The predicted molar refractivity (Wildman–Crippen MR) is 111 cm³/mol. The van der Waals surface area contributed by atoms with Crippen LogP contribution in [0.4, 0.5) is 10.5 Å². The highest BCUT2D eigenvalue weighted by Gasteiger charge is 2.36. The number of benzene rings is 2. The summed E-state index contributed by atoms with van der Waals surface area (Å²) in [5.74, 6) is 0.484. The second-order valence-corrected chi connectivity index (χ2v) is 7.26. The van der Waals surface area contributed by atoms with Gasteiger partial charge in [0, 0.05) is 30.3 Å². The van der Waals surface area contributed by atoms with Gasteiger partial charge >= 0.3 is 6.03 Å². The average Bonchev–Trinajstić information content (AvgIpc) is 2.99. The standard InChI is InChI=1S/C21H24ClN3O4/c1-15-4-2-3-5-19(15)29-14-18(26)12-23-10-11-24-20(27)13-25(21(24)28)17-8-6-16(22)7-9-17/h2-9,18,23,26H,10-14H2,1H3. The van der Waals surface area contributed by atoms with Gasteiger partial charge in [-0.05, 0) is 42.8 Å². The molecule has 1 heterocycles. The second kappa shape index (κ2) is 9.73. The first kappa shape index (κ1) is 21.1. The van der Waals surface area contributed by atoms with Crippen LogP contribution in [-0.2, 0) is 4.79 Å². The number of anilines is 1. The minimum Gasteiger partial charge on any atom is -0.491 e. The molecule has 0 bridgehead atoms. The van der Waals surface area contributed by atoms with Crippen LogP contribution in [-0.4, -0.2) is 60.8 Å². The number of hydrogen-bond acceptors (Lipinski definition) is 5. The molecule has 154 valence electrons. The van der Waals surface area contributed by atoms with Crippen LogP contribution in [0.1, 0.15) is 5.56 Å². The largest absolute Gasteiger partial charge is 0.491 e. The lowest BCUT2D eigenvalue weighted by atomic mass is 10.2. The van der Waals surface area contributed by atoms with E-state index >= 15 is 0 Å². The summed E-state index contributed by atoms with van der Waals surface area (Å²) in [6, 6.07) is 14.0. The normalized spacial score (nSPS) is 15.1. The molecule has 2 aromatic rings. The number of ether oxygens (including phenoxy) is 1. The van der Waals surface area contributed by atoms with Gasteiger partial charge in [-0.15, -0.1) is 0 Å². The fourth-order valence-electron chi connectivity index (χ4n) is 3.01. The zero-order chi connectivity index (χ0) is 20.8. The highest BCUT2D eigenvalue weighted by molar-refractivity contribution is 6.30. The van der Waals surface area contributed by atoms with Gasteiger partial charge in [-0.1, -0.05) is 29.8 Å². The summed E-state index contributed by atoms with van der Waals surface area (Å²) < 4.78 is 5.61. The molecule has 3 amide bonds. The van der Waals surface area contributed by atoms with Crippen molar-refractivity contribution in [2.75, 3.05) is 37.7 Å². The van der Waals surface area contributed by atoms with Crippen molar-refractivity contribution in [1.29, 1.82) is 0 Å². The van der Waals surface area contributed by atoms with Gasteiger partial charge < -0.3 is 15.2 Å². The highest BCUT2D eigenvalue weighted by Crippen LogP contribution is 2.22. The minimum absolute atomic E-state index is 0.00730. The summed E-state index contributed by atoms with van der Waals surface area (Å²) in [5, 5.41) is 13.7. The molecule has 1 atom stereocenters. The summed E-state index contributed by atoms with van der Waals surface area (Å²) in [7, 11) is 0. The third kappa shape index (κ3) is 5.47. The first-order valence-electron chi connectivity index (χ1n) is 9.40. The van der Waals surface area contributed by atoms with E-state index in [1.165, 1.54) is 9.80 Å². The Morgan fingerprint density at radius 1 is 1.17 bits per heavy atom. The molecule has 0 aromatic heterocycles. The zero-order valence-electron chi connectivity index (χ0n) is 16.2. The second-order valence-electron chi connectivity index (χ2n) is 6.82. The maximum atomic E-state index is 12.5. The predicted octanol–water partition coefficient (Wildman–Crippen LogP) is 2.45. The first-order chi connectivity index (χ1) is 14.0. The number of nitrogens with one attached hydrogen (secondary N) is 1. The Labute approximate surface area is 174 Å². The smallest absolute Gasteiger partial charge is 0.331 e. The highest BCUT2D eigenvalue weighted by atomic mass is 35.5. The van der Waals surface area contributed by atoms with E-state index in [1.807, 2.05) is 31.2 Å².